The maximum atomic E-state index is 12.5. The van der Waals surface area contributed by atoms with Crippen LogP contribution in [0.15, 0.2) is 53.5 Å². The quantitative estimate of drug-likeness (QED) is 0.764. The van der Waals surface area contributed by atoms with Gasteiger partial charge >= 0.3 is 0 Å². The van der Waals surface area contributed by atoms with Gasteiger partial charge in [-0.1, -0.05) is 36.7 Å². The van der Waals surface area contributed by atoms with Gasteiger partial charge in [-0.2, -0.15) is 0 Å². The number of aromatic nitrogens is 1. The van der Waals surface area contributed by atoms with Crippen LogP contribution in [0.1, 0.15) is 22.8 Å². The molecule has 0 fully saturated rings. The molecule has 0 saturated heterocycles. The van der Waals surface area contributed by atoms with E-state index in [1.54, 1.807) is 18.2 Å². The van der Waals surface area contributed by atoms with Crippen LogP contribution in [-0.4, -0.2) is 10.9 Å². The number of halogens is 1. The standard InChI is InChI=1S/C18H15ClN2O2/c1-2-11-5-3-4-6-15(11)21-18(23)14-10-20-16-9-12(19)7-8-13(16)17(14)22/h3-10H,2H2,1H3,(H,20,22)(H,21,23). The fourth-order valence-electron chi connectivity index (χ4n) is 2.50. The van der Waals surface area contributed by atoms with Crippen LogP contribution < -0.4 is 10.7 Å². The van der Waals surface area contributed by atoms with E-state index in [1.807, 2.05) is 31.2 Å². The molecule has 0 bridgehead atoms. The number of benzene rings is 2. The van der Waals surface area contributed by atoms with Crippen LogP contribution in [0, 0.1) is 0 Å². The van der Waals surface area contributed by atoms with E-state index in [0.717, 1.165) is 17.7 Å². The van der Waals surface area contributed by atoms with Crippen molar-refractivity contribution >= 4 is 34.1 Å². The summed E-state index contributed by atoms with van der Waals surface area (Å²) in [7, 11) is 0. The van der Waals surface area contributed by atoms with Gasteiger partial charge in [0, 0.05) is 22.3 Å². The van der Waals surface area contributed by atoms with Crippen LogP contribution in [0.2, 0.25) is 5.02 Å². The van der Waals surface area contributed by atoms with E-state index in [-0.39, 0.29) is 11.0 Å². The number of carbonyl (C=O) groups excluding carboxylic acids is 1. The Kier molecular flexibility index (Phi) is 4.17. The molecular formula is C18H15ClN2O2. The van der Waals surface area contributed by atoms with Crippen LogP contribution in [0.3, 0.4) is 0 Å². The highest BCUT2D eigenvalue weighted by Gasteiger charge is 2.14. The lowest BCUT2D eigenvalue weighted by Crippen LogP contribution is -2.22. The number of hydrogen-bond donors (Lipinski definition) is 2. The van der Waals surface area contributed by atoms with Crippen molar-refractivity contribution in [2.24, 2.45) is 0 Å². The summed E-state index contributed by atoms with van der Waals surface area (Å²) in [6.07, 6.45) is 2.22. The second kappa shape index (κ2) is 6.26. The molecule has 0 unspecified atom stereocenters. The molecule has 0 saturated carbocycles. The van der Waals surface area contributed by atoms with Gasteiger partial charge in [0.05, 0.1) is 5.52 Å². The first kappa shape index (κ1) is 15.3. The van der Waals surface area contributed by atoms with Gasteiger partial charge in [0.25, 0.3) is 5.91 Å². The second-order valence-electron chi connectivity index (χ2n) is 5.19. The molecule has 3 aromatic rings. The third-order valence-corrected chi connectivity index (χ3v) is 3.97. The van der Waals surface area contributed by atoms with Crippen LogP contribution >= 0.6 is 11.6 Å². The minimum atomic E-state index is -0.427. The normalized spacial score (nSPS) is 10.7. The Morgan fingerprint density at radius 1 is 1.22 bits per heavy atom. The lowest BCUT2D eigenvalue weighted by molar-refractivity contribution is 0.102. The molecule has 116 valence electrons. The molecule has 5 heteroatoms. The Balaban J connectivity index is 2.00. The molecule has 0 aliphatic rings. The summed E-state index contributed by atoms with van der Waals surface area (Å²) in [6.45, 7) is 2.01. The lowest BCUT2D eigenvalue weighted by atomic mass is 10.1. The zero-order valence-electron chi connectivity index (χ0n) is 12.5. The number of pyridine rings is 1. The summed E-state index contributed by atoms with van der Waals surface area (Å²) in [5.41, 5.74) is 2.10. The number of amides is 1. The molecule has 0 spiro atoms. The topological polar surface area (TPSA) is 62.0 Å². The van der Waals surface area contributed by atoms with Gasteiger partial charge in [-0.05, 0) is 36.2 Å². The fraction of sp³-hybridized carbons (Fsp3) is 0.111. The number of nitrogens with one attached hydrogen (secondary N) is 2. The molecule has 1 aromatic heterocycles. The number of aromatic amines is 1. The second-order valence-corrected chi connectivity index (χ2v) is 5.62. The molecule has 1 amide bonds. The highest BCUT2D eigenvalue weighted by Crippen LogP contribution is 2.18. The van der Waals surface area contributed by atoms with Crippen LogP contribution in [0.5, 0.6) is 0 Å². The monoisotopic (exact) mass is 326 g/mol. The summed E-state index contributed by atoms with van der Waals surface area (Å²) in [5, 5.41) is 3.78. The number of anilines is 1. The Bertz CT molecular complexity index is 947. The number of carbonyl (C=O) groups is 1. The Labute approximate surface area is 138 Å². The minimum Gasteiger partial charge on any atom is -0.360 e. The summed E-state index contributed by atoms with van der Waals surface area (Å²) in [4.78, 5) is 27.9. The predicted molar refractivity (Wildman–Crippen MR) is 93.4 cm³/mol. The zero-order valence-corrected chi connectivity index (χ0v) is 13.3. The first-order valence-electron chi connectivity index (χ1n) is 7.30. The summed E-state index contributed by atoms with van der Waals surface area (Å²) < 4.78 is 0. The molecule has 4 nitrogen and oxygen atoms in total. The molecule has 23 heavy (non-hydrogen) atoms. The van der Waals surface area contributed by atoms with Crippen LogP contribution in [-0.2, 0) is 6.42 Å². The van der Waals surface area contributed by atoms with Gasteiger partial charge in [0.2, 0.25) is 5.43 Å². The van der Waals surface area contributed by atoms with E-state index in [2.05, 4.69) is 10.3 Å². The fourth-order valence-corrected chi connectivity index (χ4v) is 2.68. The van der Waals surface area contributed by atoms with Crippen LogP contribution in [0.4, 0.5) is 5.69 Å². The maximum absolute atomic E-state index is 12.5. The molecule has 0 aliphatic carbocycles. The largest absolute Gasteiger partial charge is 0.360 e. The summed E-state index contributed by atoms with van der Waals surface area (Å²) in [6, 6.07) is 12.4. The van der Waals surface area contributed by atoms with Crippen molar-refractivity contribution in [3.05, 3.63) is 75.0 Å². The van der Waals surface area contributed by atoms with Gasteiger partial charge in [-0.25, -0.2) is 0 Å². The van der Waals surface area contributed by atoms with Crippen LogP contribution in [0.25, 0.3) is 10.9 Å². The Hall–Kier alpha value is -2.59. The lowest BCUT2D eigenvalue weighted by Gasteiger charge is -2.09. The Morgan fingerprint density at radius 2 is 2.00 bits per heavy atom. The van der Waals surface area contributed by atoms with Gasteiger partial charge < -0.3 is 10.3 Å². The third kappa shape index (κ3) is 2.98. The van der Waals surface area contributed by atoms with E-state index in [9.17, 15) is 9.59 Å². The average molecular weight is 327 g/mol. The molecule has 0 radical (unpaired) electrons. The van der Waals surface area contributed by atoms with Crippen molar-refractivity contribution in [3.63, 3.8) is 0 Å². The van der Waals surface area contributed by atoms with Crippen molar-refractivity contribution in [1.82, 2.24) is 4.98 Å². The number of aryl methyl sites for hydroxylation is 1. The number of fused-ring (bicyclic) bond motifs is 1. The van der Waals surface area contributed by atoms with Gasteiger partial charge in [0.1, 0.15) is 5.56 Å². The first-order chi connectivity index (χ1) is 11.1. The highest BCUT2D eigenvalue weighted by atomic mass is 35.5. The number of hydrogen-bond acceptors (Lipinski definition) is 2. The van der Waals surface area contributed by atoms with E-state index in [0.29, 0.717) is 15.9 Å². The predicted octanol–water partition coefficient (Wildman–Crippen LogP) is 4.00. The molecule has 3 rings (SSSR count). The van der Waals surface area contributed by atoms with Crippen molar-refractivity contribution in [3.8, 4) is 0 Å². The number of para-hydroxylation sites is 1. The van der Waals surface area contributed by atoms with Crippen molar-refractivity contribution in [2.75, 3.05) is 5.32 Å². The summed E-state index contributed by atoms with van der Waals surface area (Å²) in [5.74, 6) is -0.427. The number of rotatable bonds is 3. The SMILES string of the molecule is CCc1ccccc1NC(=O)c1c[nH]c2cc(Cl)ccc2c1=O. The van der Waals surface area contributed by atoms with E-state index in [1.165, 1.54) is 6.20 Å². The van der Waals surface area contributed by atoms with E-state index < -0.39 is 5.91 Å². The van der Waals surface area contributed by atoms with E-state index >= 15 is 0 Å². The first-order valence-corrected chi connectivity index (χ1v) is 7.68. The third-order valence-electron chi connectivity index (χ3n) is 3.73. The summed E-state index contributed by atoms with van der Waals surface area (Å²) >= 11 is 5.91. The van der Waals surface area contributed by atoms with Crippen molar-refractivity contribution in [1.29, 1.82) is 0 Å². The molecule has 0 aliphatic heterocycles. The minimum absolute atomic E-state index is 0.0747. The smallest absolute Gasteiger partial charge is 0.261 e. The van der Waals surface area contributed by atoms with E-state index in [4.69, 9.17) is 11.6 Å². The van der Waals surface area contributed by atoms with Gasteiger partial charge in [-0.15, -0.1) is 0 Å². The highest BCUT2D eigenvalue weighted by molar-refractivity contribution is 6.31. The molecule has 2 N–H and O–H groups in total. The zero-order chi connectivity index (χ0) is 16.4. The molecule has 0 atom stereocenters. The Morgan fingerprint density at radius 3 is 2.78 bits per heavy atom. The average Bonchev–Trinajstić information content (AvgIpc) is 2.55. The molecular weight excluding hydrogens is 312 g/mol. The van der Waals surface area contributed by atoms with Crippen molar-refractivity contribution < 1.29 is 4.79 Å². The maximum Gasteiger partial charge on any atom is 0.261 e. The number of H-pyrrole nitrogens is 1. The molecule has 1 heterocycles. The van der Waals surface area contributed by atoms with Crippen molar-refractivity contribution in [2.45, 2.75) is 13.3 Å². The molecule has 2 aromatic carbocycles. The van der Waals surface area contributed by atoms with Gasteiger partial charge in [-0.3, -0.25) is 9.59 Å². The van der Waals surface area contributed by atoms with Gasteiger partial charge in [0.15, 0.2) is 0 Å².